The number of rotatable bonds is 4. The molecule has 0 aromatic heterocycles. The van der Waals surface area contributed by atoms with E-state index >= 15 is 0 Å². The zero-order valence-electron chi connectivity index (χ0n) is 12.1. The summed E-state index contributed by atoms with van der Waals surface area (Å²) < 4.78 is 5.53. The molecule has 3 rings (SSSR count). The number of hydrazine groups is 1. The van der Waals surface area contributed by atoms with Gasteiger partial charge in [0.2, 0.25) is 0 Å². The fourth-order valence-corrected chi connectivity index (χ4v) is 4.75. The van der Waals surface area contributed by atoms with Gasteiger partial charge in [0.05, 0.1) is 0 Å². The minimum absolute atomic E-state index is 0.341. The second-order valence-corrected chi connectivity index (χ2v) is 6.60. The van der Waals surface area contributed by atoms with E-state index in [4.69, 9.17) is 10.6 Å². The molecule has 2 aliphatic heterocycles. The van der Waals surface area contributed by atoms with Crippen molar-refractivity contribution in [1.29, 1.82) is 0 Å². The molecule has 4 nitrogen and oxygen atoms in total. The molecule has 1 saturated carbocycles. The van der Waals surface area contributed by atoms with Crippen LogP contribution in [0.4, 0.5) is 0 Å². The summed E-state index contributed by atoms with van der Waals surface area (Å²) >= 11 is 0. The number of hydrogen-bond acceptors (Lipinski definition) is 4. The van der Waals surface area contributed by atoms with Crippen LogP contribution in [0.5, 0.6) is 0 Å². The Morgan fingerprint density at radius 1 is 1.05 bits per heavy atom. The van der Waals surface area contributed by atoms with Gasteiger partial charge in [0.1, 0.15) is 0 Å². The number of likely N-dealkylation sites (tertiary alicyclic amines) is 1. The first-order chi connectivity index (χ1) is 9.37. The molecule has 1 aliphatic carbocycles. The molecule has 0 spiro atoms. The highest BCUT2D eigenvalue weighted by Crippen LogP contribution is 2.43. The Hall–Kier alpha value is -0.160. The Kier molecular flexibility index (Phi) is 4.42. The lowest BCUT2D eigenvalue weighted by Crippen LogP contribution is -2.64. The third kappa shape index (κ3) is 2.56. The van der Waals surface area contributed by atoms with Crippen molar-refractivity contribution >= 4 is 0 Å². The molecular formula is C15H29N3O. The first-order valence-corrected chi connectivity index (χ1v) is 8.16. The zero-order chi connectivity index (χ0) is 13.1. The van der Waals surface area contributed by atoms with Crippen LogP contribution in [0.25, 0.3) is 0 Å². The highest BCUT2D eigenvalue weighted by Gasteiger charge is 2.48. The largest absolute Gasteiger partial charge is 0.381 e. The molecule has 3 aliphatic rings. The van der Waals surface area contributed by atoms with Crippen LogP contribution in [-0.4, -0.2) is 42.8 Å². The molecule has 1 unspecified atom stereocenters. The number of ether oxygens (including phenoxy) is 1. The van der Waals surface area contributed by atoms with Crippen LogP contribution >= 0.6 is 0 Å². The zero-order valence-corrected chi connectivity index (χ0v) is 12.1. The number of hydrogen-bond donors (Lipinski definition) is 2. The summed E-state index contributed by atoms with van der Waals surface area (Å²) in [5, 5.41) is 0. The van der Waals surface area contributed by atoms with E-state index < -0.39 is 0 Å². The van der Waals surface area contributed by atoms with Gasteiger partial charge in [-0.05, 0) is 57.5 Å². The minimum Gasteiger partial charge on any atom is -0.381 e. The molecule has 0 amide bonds. The molecular weight excluding hydrogens is 238 g/mol. The van der Waals surface area contributed by atoms with Crippen LogP contribution in [0, 0.1) is 5.92 Å². The predicted octanol–water partition coefficient (Wildman–Crippen LogP) is 1.65. The van der Waals surface area contributed by atoms with Gasteiger partial charge in [-0.2, -0.15) is 0 Å². The standard InChI is InChI=1S/C15H29N3O/c16-17-14(13-5-11-19-12-6-13)15(7-1-2-8-15)18-9-3-4-10-18/h13-14,17H,1-12,16H2. The van der Waals surface area contributed by atoms with E-state index in [-0.39, 0.29) is 0 Å². The van der Waals surface area contributed by atoms with E-state index in [0.717, 1.165) is 13.2 Å². The lowest BCUT2D eigenvalue weighted by atomic mass is 9.76. The average Bonchev–Trinajstić information content (AvgIpc) is 3.12. The molecule has 2 saturated heterocycles. The van der Waals surface area contributed by atoms with Crippen molar-refractivity contribution in [3.8, 4) is 0 Å². The second-order valence-electron chi connectivity index (χ2n) is 6.60. The molecule has 0 bridgehead atoms. The van der Waals surface area contributed by atoms with Crippen LogP contribution < -0.4 is 11.3 Å². The number of nitrogens with one attached hydrogen (secondary N) is 1. The maximum atomic E-state index is 6.02. The molecule has 0 aromatic carbocycles. The van der Waals surface area contributed by atoms with E-state index in [1.165, 1.54) is 64.5 Å². The van der Waals surface area contributed by atoms with Gasteiger partial charge in [0.15, 0.2) is 0 Å². The lowest BCUT2D eigenvalue weighted by molar-refractivity contribution is 0.000760. The summed E-state index contributed by atoms with van der Waals surface area (Å²) in [5.41, 5.74) is 3.57. The maximum absolute atomic E-state index is 6.02. The lowest BCUT2D eigenvalue weighted by Gasteiger charge is -2.48. The van der Waals surface area contributed by atoms with Crippen molar-refractivity contribution in [2.75, 3.05) is 26.3 Å². The van der Waals surface area contributed by atoms with Gasteiger partial charge in [-0.15, -0.1) is 0 Å². The summed E-state index contributed by atoms with van der Waals surface area (Å²) in [6.07, 6.45) is 10.5. The minimum atomic E-state index is 0.341. The Morgan fingerprint density at radius 3 is 2.26 bits per heavy atom. The number of nitrogens with zero attached hydrogens (tertiary/aromatic N) is 1. The highest BCUT2D eigenvalue weighted by atomic mass is 16.5. The maximum Gasteiger partial charge on any atom is 0.0469 e. The SMILES string of the molecule is NNC(C1CCOCC1)C1(N2CCCC2)CCCC1. The molecule has 1 atom stereocenters. The van der Waals surface area contributed by atoms with Gasteiger partial charge in [-0.1, -0.05) is 12.8 Å². The fraction of sp³-hybridized carbons (Fsp3) is 1.00. The molecule has 0 radical (unpaired) electrons. The predicted molar refractivity (Wildman–Crippen MR) is 76.7 cm³/mol. The van der Waals surface area contributed by atoms with E-state index in [1.54, 1.807) is 0 Å². The second kappa shape index (κ2) is 6.08. The van der Waals surface area contributed by atoms with E-state index in [0.29, 0.717) is 17.5 Å². The van der Waals surface area contributed by atoms with Gasteiger partial charge in [0.25, 0.3) is 0 Å². The Labute approximate surface area is 117 Å². The normalized spacial score (nSPS) is 30.8. The first-order valence-electron chi connectivity index (χ1n) is 8.16. The van der Waals surface area contributed by atoms with Crippen LogP contribution in [0.15, 0.2) is 0 Å². The van der Waals surface area contributed by atoms with E-state index in [9.17, 15) is 0 Å². The molecule has 0 aromatic rings. The van der Waals surface area contributed by atoms with Gasteiger partial charge >= 0.3 is 0 Å². The summed E-state index contributed by atoms with van der Waals surface area (Å²) in [6.45, 7) is 4.39. The van der Waals surface area contributed by atoms with Crippen molar-refractivity contribution in [2.45, 2.75) is 62.9 Å². The van der Waals surface area contributed by atoms with Crippen molar-refractivity contribution in [3.05, 3.63) is 0 Å². The van der Waals surface area contributed by atoms with Crippen molar-refractivity contribution < 1.29 is 4.74 Å². The van der Waals surface area contributed by atoms with Gasteiger partial charge < -0.3 is 4.74 Å². The molecule has 3 N–H and O–H groups in total. The Morgan fingerprint density at radius 2 is 1.68 bits per heavy atom. The van der Waals surface area contributed by atoms with Crippen LogP contribution in [0.2, 0.25) is 0 Å². The van der Waals surface area contributed by atoms with Crippen molar-refractivity contribution in [3.63, 3.8) is 0 Å². The molecule has 110 valence electrons. The number of nitrogens with two attached hydrogens (primary N) is 1. The molecule has 19 heavy (non-hydrogen) atoms. The van der Waals surface area contributed by atoms with Crippen LogP contribution in [-0.2, 0) is 4.74 Å². The Bertz CT molecular complexity index is 279. The fourth-order valence-electron chi connectivity index (χ4n) is 4.75. The topological polar surface area (TPSA) is 50.5 Å². The molecule has 2 heterocycles. The molecule has 3 fully saturated rings. The third-order valence-electron chi connectivity index (χ3n) is 5.70. The van der Waals surface area contributed by atoms with Gasteiger partial charge in [-0.3, -0.25) is 16.2 Å². The smallest absolute Gasteiger partial charge is 0.0469 e. The summed E-state index contributed by atoms with van der Waals surface area (Å²) in [4.78, 5) is 2.76. The van der Waals surface area contributed by atoms with Crippen LogP contribution in [0.3, 0.4) is 0 Å². The van der Waals surface area contributed by atoms with Gasteiger partial charge in [0, 0.05) is 24.8 Å². The average molecular weight is 267 g/mol. The quantitative estimate of drug-likeness (QED) is 0.601. The summed E-state index contributed by atoms with van der Waals surface area (Å²) in [6, 6.07) is 0.456. The molecule has 4 heteroatoms. The summed E-state index contributed by atoms with van der Waals surface area (Å²) in [7, 11) is 0. The van der Waals surface area contributed by atoms with Crippen LogP contribution in [0.1, 0.15) is 51.4 Å². The first kappa shape index (κ1) is 13.8. The Balaban J connectivity index is 1.79. The highest BCUT2D eigenvalue weighted by molar-refractivity contribution is 5.06. The van der Waals surface area contributed by atoms with Crippen molar-refractivity contribution in [1.82, 2.24) is 10.3 Å². The van der Waals surface area contributed by atoms with E-state index in [1.807, 2.05) is 0 Å². The van der Waals surface area contributed by atoms with Gasteiger partial charge in [-0.25, -0.2) is 0 Å². The van der Waals surface area contributed by atoms with Crippen molar-refractivity contribution in [2.24, 2.45) is 11.8 Å². The third-order valence-corrected chi connectivity index (χ3v) is 5.70. The summed E-state index contributed by atoms with van der Waals surface area (Å²) in [5.74, 6) is 6.71. The van der Waals surface area contributed by atoms with E-state index in [2.05, 4.69) is 10.3 Å². The monoisotopic (exact) mass is 267 g/mol.